The number of esters is 1. The molecule has 8 heteroatoms. The van der Waals surface area contributed by atoms with E-state index in [-0.39, 0.29) is 12.2 Å². The van der Waals surface area contributed by atoms with Gasteiger partial charge in [0.25, 0.3) is 0 Å². The molecule has 8 atom stereocenters. The first-order valence-corrected chi connectivity index (χ1v) is 11.8. The van der Waals surface area contributed by atoms with E-state index in [4.69, 9.17) is 14.2 Å². The highest BCUT2D eigenvalue weighted by molar-refractivity contribution is 6.01. The standard InChI is InChI=1S/C26H31FO7/c1-14(28)32-13-20(31)26-21(33-22(2,3)34-26)11-18-17-7-6-15-10-16(29)8-9-23(15,4)25(17,27)19(30)12-24(18,26)5/h6-10,17-19,21,30H,11-13H2,1-5H3/t17-,18-,19-,21+,23-,24-,25-,26+/m0/s1. The van der Waals surface area contributed by atoms with Crippen molar-refractivity contribution in [2.45, 2.75) is 76.7 Å². The van der Waals surface area contributed by atoms with Gasteiger partial charge in [-0.25, -0.2) is 4.39 Å². The van der Waals surface area contributed by atoms with Crippen LogP contribution in [0.5, 0.6) is 0 Å². The van der Waals surface area contributed by atoms with Gasteiger partial charge in [0.1, 0.15) is 0 Å². The lowest BCUT2D eigenvalue weighted by Gasteiger charge is -2.61. The number of carbonyl (C=O) groups is 3. The van der Waals surface area contributed by atoms with E-state index in [1.807, 2.05) is 6.92 Å². The molecule has 2 saturated carbocycles. The molecule has 1 saturated heterocycles. The van der Waals surface area contributed by atoms with Crippen LogP contribution in [0.15, 0.2) is 36.0 Å². The highest BCUT2D eigenvalue weighted by atomic mass is 19.1. The molecular weight excluding hydrogens is 443 g/mol. The molecule has 1 N–H and O–H groups in total. The number of alkyl halides is 1. The summed E-state index contributed by atoms with van der Waals surface area (Å²) >= 11 is 0. The summed E-state index contributed by atoms with van der Waals surface area (Å²) in [6, 6.07) is 0. The second-order valence-corrected chi connectivity index (χ2v) is 11.2. The largest absolute Gasteiger partial charge is 0.458 e. The number of carbonyl (C=O) groups excluding carboxylic acids is 3. The van der Waals surface area contributed by atoms with Crippen LogP contribution in [0.4, 0.5) is 4.39 Å². The van der Waals surface area contributed by atoms with Crippen molar-refractivity contribution in [3.05, 3.63) is 36.0 Å². The van der Waals surface area contributed by atoms with Crippen LogP contribution < -0.4 is 0 Å². The summed E-state index contributed by atoms with van der Waals surface area (Å²) in [7, 11) is 0. The minimum Gasteiger partial charge on any atom is -0.458 e. The van der Waals surface area contributed by atoms with E-state index in [9.17, 15) is 19.5 Å². The summed E-state index contributed by atoms with van der Waals surface area (Å²) in [5.41, 5.74) is -5.26. The second kappa shape index (κ2) is 6.95. The van der Waals surface area contributed by atoms with Gasteiger partial charge in [-0.15, -0.1) is 0 Å². The number of aliphatic hydroxyl groups is 1. The highest BCUT2D eigenvalue weighted by Gasteiger charge is 2.79. The fraction of sp³-hybridized carbons (Fsp3) is 0.654. The lowest BCUT2D eigenvalue weighted by atomic mass is 9.46. The van der Waals surface area contributed by atoms with Crippen LogP contribution >= 0.6 is 0 Å². The van der Waals surface area contributed by atoms with Gasteiger partial charge in [0.15, 0.2) is 29.4 Å². The number of hydrogen-bond acceptors (Lipinski definition) is 7. The Labute approximate surface area is 198 Å². The molecule has 0 amide bonds. The first-order valence-electron chi connectivity index (χ1n) is 11.8. The molecule has 0 unspecified atom stereocenters. The summed E-state index contributed by atoms with van der Waals surface area (Å²) in [6.45, 7) is 7.72. The van der Waals surface area contributed by atoms with Crippen molar-refractivity contribution in [2.75, 3.05) is 6.61 Å². The third kappa shape index (κ3) is 2.70. The Morgan fingerprint density at radius 1 is 1.24 bits per heavy atom. The zero-order chi connectivity index (χ0) is 24.9. The number of hydrogen-bond donors (Lipinski definition) is 1. The highest BCUT2D eigenvalue weighted by Crippen LogP contribution is 2.71. The molecule has 7 nitrogen and oxygen atoms in total. The molecule has 3 fully saturated rings. The van der Waals surface area contributed by atoms with Gasteiger partial charge in [-0.1, -0.05) is 25.2 Å². The van der Waals surface area contributed by atoms with Gasteiger partial charge in [0.2, 0.25) is 5.78 Å². The van der Waals surface area contributed by atoms with E-state index < -0.39 is 70.3 Å². The van der Waals surface area contributed by atoms with Crippen molar-refractivity contribution in [1.82, 2.24) is 0 Å². The van der Waals surface area contributed by atoms with E-state index in [0.717, 1.165) is 0 Å². The van der Waals surface area contributed by atoms with Gasteiger partial charge in [-0.05, 0) is 57.3 Å². The molecular formula is C26H31FO7. The number of ketones is 2. The van der Waals surface area contributed by atoms with E-state index in [1.165, 1.54) is 19.1 Å². The Balaban J connectivity index is 1.63. The molecule has 0 bridgehead atoms. The Morgan fingerprint density at radius 3 is 2.62 bits per heavy atom. The van der Waals surface area contributed by atoms with Gasteiger partial charge >= 0.3 is 5.97 Å². The molecule has 34 heavy (non-hydrogen) atoms. The van der Waals surface area contributed by atoms with Crippen LogP contribution in [0.25, 0.3) is 0 Å². The van der Waals surface area contributed by atoms with E-state index in [2.05, 4.69) is 0 Å². The first kappa shape index (κ1) is 23.6. The van der Waals surface area contributed by atoms with Crippen LogP contribution in [0.1, 0.15) is 47.5 Å². The number of Topliss-reactive ketones (excluding diaryl/α,β-unsaturated/α-hetero) is 1. The molecule has 1 aliphatic heterocycles. The zero-order valence-corrected chi connectivity index (χ0v) is 20.1. The third-order valence-electron chi connectivity index (χ3n) is 9.02. The molecule has 4 aliphatic carbocycles. The van der Waals surface area contributed by atoms with Crippen LogP contribution in [0.2, 0.25) is 0 Å². The minimum atomic E-state index is -2.09. The maximum absolute atomic E-state index is 17.2. The average Bonchev–Trinajstić information content (AvgIpc) is 3.14. The summed E-state index contributed by atoms with van der Waals surface area (Å²) in [5.74, 6) is -3.48. The summed E-state index contributed by atoms with van der Waals surface area (Å²) < 4.78 is 34.8. The maximum Gasteiger partial charge on any atom is 0.303 e. The monoisotopic (exact) mass is 474 g/mol. The molecule has 1 heterocycles. The lowest BCUT2D eigenvalue weighted by molar-refractivity contribution is -0.237. The molecule has 0 radical (unpaired) electrons. The smallest absolute Gasteiger partial charge is 0.303 e. The summed E-state index contributed by atoms with van der Waals surface area (Å²) in [6.07, 6.45) is 5.97. The number of rotatable bonds is 3. The first-order chi connectivity index (χ1) is 15.7. The fourth-order valence-corrected chi connectivity index (χ4v) is 7.55. The minimum absolute atomic E-state index is 0.0507. The molecule has 0 aromatic rings. The maximum atomic E-state index is 17.2. The van der Waals surface area contributed by atoms with Crippen molar-refractivity contribution < 1.29 is 38.1 Å². The Hall–Kier alpha value is -2.16. The SMILES string of the molecule is CC(=O)OCC(=O)[C@@]12OC(C)(C)O[C@@H]1C[C@H]1[C@@H]3C=CC4=CC(=O)C=C[C@]4(C)[C@@]3(F)[C@@H](O)C[C@@]12C. The Bertz CT molecular complexity index is 1080. The lowest BCUT2D eigenvalue weighted by Crippen LogP contribution is -2.69. The number of ether oxygens (including phenoxy) is 3. The van der Waals surface area contributed by atoms with Crippen molar-refractivity contribution in [2.24, 2.45) is 22.7 Å². The van der Waals surface area contributed by atoms with Crippen molar-refractivity contribution in [1.29, 1.82) is 0 Å². The van der Waals surface area contributed by atoms with Crippen molar-refractivity contribution >= 4 is 17.5 Å². The molecule has 0 aromatic carbocycles. The second-order valence-electron chi connectivity index (χ2n) is 11.2. The number of fused-ring (bicyclic) bond motifs is 7. The predicted octanol–water partition coefficient (Wildman–Crippen LogP) is 2.77. The van der Waals surface area contributed by atoms with Crippen molar-refractivity contribution in [3.8, 4) is 0 Å². The van der Waals surface area contributed by atoms with Gasteiger partial charge in [-0.2, -0.15) is 0 Å². The summed E-state index contributed by atoms with van der Waals surface area (Å²) in [4.78, 5) is 37.0. The normalized spacial score (nSPS) is 47.9. The van der Waals surface area contributed by atoms with Gasteiger partial charge in [0, 0.05) is 23.7 Å². The number of allylic oxidation sites excluding steroid dienone is 6. The topological polar surface area (TPSA) is 99.1 Å². The fourth-order valence-electron chi connectivity index (χ4n) is 7.55. The van der Waals surface area contributed by atoms with Crippen LogP contribution in [0.3, 0.4) is 0 Å². The summed E-state index contributed by atoms with van der Waals surface area (Å²) in [5, 5.41) is 11.5. The number of aliphatic hydroxyl groups excluding tert-OH is 1. The van der Waals surface area contributed by atoms with Crippen LogP contribution in [0, 0.1) is 22.7 Å². The van der Waals surface area contributed by atoms with E-state index in [0.29, 0.717) is 12.0 Å². The van der Waals surface area contributed by atoms with Crippen LogP contribution in [-0.4, -0.2) is 58.5 Å². The zero-order valence-electron chi connectivity index (χ0n) is 20.1. The molecule has 5 rings (SSSR count). The van der Waals surface area contributed by atoms with Gasteiger partial charge in [0.05, 0.1) is 12.2 Å². The molecule has 0 aromatic heterocycles. The number of halogens is 1. The molecule has 0 spiro atoms. The Kier molecular flexibility index (Phi) is 4.82. The third-order valence-corrected chi connectivity index (χ3v) is 9.02. The molecule has 5 aliphatic rings. The van der Waals surface area contributed by atoms with E-state index in [1.54, 1.807) is 39.0 Å². The quantitative estimate of drug-likeness (QED) is 0.628. The van der Waals surface area contributed by atoms with Crippen molar-refractivity contribution in [3.63, 3.8) is 0 Å². The van der Waals surface area contributed by atoms with E-state index >= 15 is 4.39 Å². The average molecular weight is 475 g/mol. The van der Waals surface area contributed by atoms with Crippen LogP contribution in [-0.2, 0) is 28.6 Å². The molecule has 184 valence electrons. The Morgan fingerprint density at radius 2 is 1.94 bits per heavy atom. The predicted molar refractivity (Wildman–Crippen MR) is 118 cm³/mol. The van der Waals surface area contributed by atoms with Gasteiger partial charge < -0.3 is 19.3 Å². The van der Waals surface area contributed by atoms with Gasteiger partial charge in [-0.3, -0.25) is 14.4 Å².